The number of benzene rings is 1. The lowest BCUT2D eigenvalue weighted by Crippen LogP contribution is -2.37. The van der Waals surface area contributed by atoms with Crippen LogP contribution in [0.1, 0.15) is 61.8 Å². The summed E-state index contributed by atoms with van der Waals surface area (Å²) in [7, 11) is 0. The van der Waals surface area contributed by atoms with Crippen molar-refractivity contribution in [3.8, 4) is 0 Å². The second-order valence-corrected chi connectivity index (χ2v) is 7.09. The van der Waals surface area contributed by atoms with Crippen LogP contribution in [0.15, 0.2) is 12.1 Å². The molecule has 118 valence electrons. The van der Waals surface area contributed by atoms with Crippen LogP contribution >= 0.6 is 0 Å². The Kier molecular flexibility index (Phi) is 5.87. The zero-order valence-corrected chi connectivity index (χ0v) is 14.6. The van der Waals surface area contributed by atoms with E-state index in [0.717, 1.165) is 18.4 Å². The molecule has 1 N–H and O–H groups in total. The van der Waals surface area contributed by atoms with Gasteiger partial charge in [-0.2, -0.15) is 0 Å². The van der Waals surface area contributed by atoms with Crippen LogP contribution < -0.4 is 5.32 Å². The molecule has 0 saturated heterocycles. The molecule has 0 aliphatic heterocycles. The van der Waals surface area contributed by atoms with E-state index in [1.54, 1.807) is 5.56 Å². The maximum Gasteiger partial charge on any atom is 0.0136 e. The first-order chi connectivity index (χ1) is 10.0. The van der Waals surface area contributed by atoms with E-state index >= 15 is 0 Å². The van der Waals surface area contributed by atoms with Crippen LogP contribution in [-0.2, 0) is 6.42 Å². The molecule has 2 rings (SSSR count). The second-order valence-electron chi connectivity index (χ2n) is 7.09. The molecule has 1 nitrogen and oxygen atoms in total. The van der Waals surface area contributed by atoms with E-state index in [-0.39, 0.29) is 0 Å². The molecule has 1 aromatic rings. The quantitative estimate of drug-likeness (QED) is 0.780. The van der Waals surface area contributed by atoms with Gasteiger partial charge in [-0.05, 0) is 75.1 Å². The van der Waals surface area contributed by atoms with Gasteiger partial charge < -0.3 is 5.32 Å². The van der Waals surface area contributed by atoms with Gasteiger partial charge in [0.2, 0.25) is 0 Å². The minimum atomic E-state index is 0.659. The predicted molar refractivity (Wildman–Crippen MR) is 92.9 cm³/mol. The van der Waals surface area contributed by atoms with E-state index in [4.69, 9.17) is 0 Å². The molecule has 1 aliphatic rings. The van der Waals surface area contributed by atoms with E-state index in [2.05, 4.69) is 52.1 Å². The summed E-state index contributed by atoms with van der Waals surface area (Å²) in [6, 6.07) is 5.34. The zero-order chi connectivity index (χ0) is 15.4. The fraction of sp³-hybridized carbons (Fsp3) is 0.700. The molecule has 21 heavy (non-hydrogen) atoms. The monoisotopic (exact) mass is 287 g/mol. The van der Waals surface area contributed by atoms with Gasteiger partial charge in [0.1, 0.15) is 0 Å². The summed E-state index contributed by atoms with van der Waals surface area (Å²) < 4.78 is 0. The van der Waals surface area contributed by atoms with Crippen molar-refractivity contribution in [3.05, 3.63) is 34.4 Å². The third-order valence-electron chi connectivity index (χ3n) is 5.46. The maximum absolute atomic E-state index is 3.79. The molecule has 1 heteroatoms. The smallest absolute Gasteiger partial charge is 0.0136 e. The Morgan fingerprint density at radius 2 is 1.76 bits per heavy atom. The summed E-state index contributed by atoms with van der Waals surface area (Å²) in [4.78, 5) is 0. The lowest BCUT2D eigenvalue weighted by atomic mass is 9.87. The van der Waals surface area contributed by atoms with Crippen molar-refractivity contribution in [2.75, 3.05) is 6.54 Å². The van der Waals surface area contributed by atoms with E-state index < -0.39 is 0 Å². The molecular weight excluding hydrogens is 254 g/mol. The van der Waals surface area contributed by atoms with Gasteiger partial charge in [-0.25, -0.2) is 0 Å². The van der Waals surface area contributed by atoms with Crippen molar-refractivity contribution < 1.29 is 0 Å². The molecule has 1 saturated carbocycles. The van der Waals surface area contributed by atoms with Gasteiger partial charge in [-0.3, -0.25) is 0 Å². The molecule has 0 amide bonds. The van der Waals surface area contributed by atoms with Crippen molar-refractivity contribution in [2.45, 2.75) is 72.8 Å². The van der Waals surface area contributed by atoms with Crippen LogP contribution in [0.5, 0.6) is 0 Å². The highest BCUT2D eigenvalue weighted by Gasteiger charge is 2.30. The van der Waals surface area contributed by atoms with Crippen molar-refractivity contribution in [1.82, 2.24) is 5.32 Å². The number of nitrogens with one attached hydrogen (secondary N) is 1. The molecule has 1 aromatic carbocycles. The lowest BCUT2D eigenvalue weighted by Gasteiger charge is -2.26. The van der Waals surface area contributed by atoms with Gasteiger partial charge >= 0.3 is 0 Å². The van der Waals surface area contributed by atoms with Crippen molar-refractivity contribution in [3.63, 3.8) is 0 Å². The van der Waals surface area contributed by atoms with Crippen molar-refractivity contribution in [1.29, 1.82) is 0 Å². The predicted octanol–water partition coefficient (Wildman–Crippen LogP) is 4.96. The van der Waals surface area contributed by atoms with Crippen LogP contribution in [-0.4, -0.2) is 12.6 Å². The minimum Gasteiger partial charge on any atom is -0.314 e. The average molecular weight is 287 g/mol. The van der Waals surface area contributed by atoms with Gasteiger partial charge in [0.15, 0.2) is 0 Å². The minimum absolute atomic E-state index is 0.659. The summed E-state index contributed by atoms with van der Waals surface area (Å²) in [5.74, 6) is 1.84. The average Bonchev–Trinajstić information content (AvgIpc) is 2.90. The summed E-state index contributed by atoms with van der Waals surface area (Å²) in [6.45, 7) is 12.4. The molecular formula is C20H33N. The van der Waals surface area contributed by atoms with E-state index in [1.165, 1.54) is 48.8 Å². The third kappa shape index (κ3) is 4.10. The molecule has 0 heterocycles. The Morgan fingerprint density at radius 3 is 2.29 bits per heavy atom. The number of rotatable bonds is 6. The molecule has 0 aromatic heterocycles. The highest BCUT2D eigenvalue weighted by atomic mass is 14.9. The SMILES string of the molecule is CCNC(Cc1c(C)cc(C)cc1C)C1CCC(CC)C1. The van der Waals surface area contributed by atoms with Crippen LogP contribution in [0.25, 0.3) is 0 Å². The zero-order valence-electron chi connectivity index (χ0n) is 14.6. The largest absolute Gasteiger partial charge is 0.314 e. The van der Waals surface area contributed by atoms with Gasteiger partial charge in [-0.1, -0.05) is 44.4 Å². The summed E-state index contributed by atoms with van der Waals surface area (Å²) in [5.41, 5.74) is 5.91. The molecule has 0 radical (unpaired) electrons. The van der Waals surface area contributed by atoms with Crippen molar-refractivity contribution in [2.24, 2.45) is 11.8 Å². The molecule has 1 fully saturated rings. The Morgan fingerprint density at radius 1 is 1.10 bits per heavy atom. The van der Waals surface area contributed by atoms with Crippen LogP contribution in [0, 0.1) is 32.6 Å². The van der Waals surface area contributed by atoms with E-state index in [9.17, 15) is 0 Å². The molecule has 0 spiro atoms. The normalized spacial score (nSPS) is 23.5. The maximum atomic E-state index is 3.79. The van der Waals surface area contributed by atoms with E-state index in [1.807, 2.05) is 0 Å². The highest BCUT2D eigenvalue weighted by Crippen LogP contribution is 2.36. The number of hydrogen-bond donors (Lipinski definition) is 1. The first kappa shape index (κ1) is 16.5. The fourth-order valence-corrected chi connectivity index (χ4v) is 4.27. The topological polar surface area (TPSA) is 12.0 Å². The summed E-state index contributed by atoms with van der Waals surface area (Å²) >= 11 is 0. The number of likely N-dealkylation sites (N-methyl/N-ethyl adjacent to an activating group) is 1. The van der Waals surface area contributed by atoms with Crippen LogP contribution in [0.4, 0.5) is 0 Å². The first-order valence-corrected chi connectivity index (χ1v) is 8.85. The van der Waals surface area contributed by atoms with Crippen LogP contribution in [0.3, 0.4) is 0 Å². The Bertz CT molecular complexity index is 440. The van der Waals surface area contributed by atoms with Crippen molar-refractivity contribution >= 4 is 0 Å². The Hall–Kier alpha value is -0.820. The first-order valence-electron chi connectivity index (χ1n) is 8.85. The lowest BCUT2D eigenvalue weighted by molar-refractivity contribution is 0.348. The second kappa shape index (κ2) is 7.45. The Balaban J connectivity index is 2.13. The molecule has 3 unspecified atom stereocenters. The van der Waals surface area contributed by atoms with Gasteiger partial charge in [0.25, 0.3) is 0 Å². The molecule has 1 aliphatic carbocycles. The van der Waals surface area contributed by atoms with E-state index in [0.29, 0.717) is 6.04 Å². The van der Waals surface area contributed by atoms with Gasteiger partial charge in [-0.15, -0.1) is 0 Å². The number of aryl methyl sites for hydroxylation is 3. The molecule has 0 bridgehead atoms. The third-order valence-corrected chi connectivity index (χ3v) is 5.46. The Labute approximate surface area is 131 Å². The number of hydrogen-bond acceptors (Lipinski definition) is 1. The van der Waals surface area contributed by atoms with Gasteiger partial charge in [0.05, 0.1) is 0 Å². The fourth-order valence-electron chi connectivity index (χ4n) is 4.27. The standard InChI is InChI=1S/C20H33N/c1-6-17-8-9-18(12-17)20(21-7-2)13-19-15(4)10-14(3)11-16(19)5/h10-11,17-18,20-21H,6-9,12-13H2,1-5H3. The van der Waals surface area contributed by atoms with Gasteiger partial charge in [0, 0.05) is 6.04 Å². The summed E-state index contributed by atoms with van der Waals surface area (Å²) in [5, 5.41) is 3.79. The summed E-state index contributed by atoms with van der Waals surface area (Å²) in [6.07, 6.45) is 6.85. The highest BCUT2D eigenvalue weighted by molar-refractivity contribution is 5.38. The molecule has 3 atom stereocenters. The van der Waals surface area contributed by atoms with Crippen LogP contribution in [0.2, 0.25) is 0 Å².